The summed E-state index contributed by atoms with van der Waals surface area (Å²) in [6.45, 7) is 0. The van der Waals surface area contributed by atoms with Gasteiger partial charge in [-0.1, -0.05) is 0 Å². The van der Waals surface area contributed by atoms with E-state index in [0.717, 1.165) is 4.34 Å². The zero-order valence-corrected chi connectivity index (χ0v) is 11.2. The van der Waals surface area contributed by atoms with Crippen LogP contribution in [-0.2, 0) is 0 Å². The van der Waals surface area contributed by atoms with Crippen LogP contribution in [0.2, 0.25) is 0 Å². The molecule has 2 aromatic heterocycles. The molecule has 7 nitrogen and oxygen atoms in total. The second-order valence-electron chi connectivity index (χ2n) is 3.20. The molecule has 0 radical (unpaired) electrons. The maximum atomic E-state index is 4.32. The minimum atomic E-state index is 0.538. The zero-order valence-electron chi connectivity index (χ0n) is 9.58. The second kappa shape index (κ2) is 5.23. The van der Waals surface area contributed by atoms with Gasteiger partial charge in [-0.25, -0.2) is 4.98 Å². The number of nitrogens with one attached hydrogen (secondary N) is 1. The van der Waals surface area contributed by atoms with Gasteiger partial charge in [0, 0.05) is 21.1 Å². The van der Waals surface area contributed by atoms with Crippen LogP contribution >= 0.6 is 23.3 Å². The highest BCUT2D eigenvalue weighted by atomic mass is 32.2. The molecule has 2 rings (SSSR count). The van der Waals surface area contributed by atoms with E-state index < -0.39 is 0 Å². The predicted octanol–water partition coefficient (Wildman–Crippen LogP) is 0.982. The van der Waals surface area contributed by atoms with Crippen LogP contribution in [0.5, 0.6) is 0 Å². The van der Waals surface area contributed by atoms with Crippen LogP contribution in [0, 0.1) is 0 Å². The third kappa shape index (κ3) is 3.01. The van der Waals surface area contributed by atoms with Crippen molar-refractivity contribution in [3.05, 3.63) is 6.33 Å². The van der Waals surface area contributed by atoms with Gasteiger partial charge in [0.25, 0.3) is 0 Å². The van der Waals surface area contributed by atoms with Crippen LogP contribution in [0.4, 0.5) is 11.9 Å². The van der Waals surface area contributed by atoms with E-state index in [1.54, 1.807) is 7.05 Å². The fourth-order valence-corrected chi connectivity index (χ4v) is 2.29. The minimum absolute atomic E-state index is 0.538. The first kappa shape index (κ1) is 12.0. The smallest absolute Gasteiger partial charge is 0.230 e. The Morgan fingerprint density at radius 2 is 2.12 bits per heavy atom. The van der Waals surface area contributed by atoms with Crippen LogP contribution < -0.4 is 10.2 Å². The van der Waals surface area contributed by atoms with Gasteiger partial charge < -0.3 is 10.2 Å². The zero-order chi connectivity index (χ0) is 12.3. The van der Waals surface area contributed by atoms with Gasteiger partial charge in [0.1, 0.15) is 6.33 Å². The first-order chi connectivity index (χ1) is 8.19. The number of hydrogen-bond donors (Lipinski definition) is 1. The average Bonchev–Trinajstić information content (AvgIpc) is 2.81. The Morgan fingerprint density at radius 1 is 1.29 bits per heavy atom. The van der Waals surface area contributed by atoms with Crippen LogP contribution in [0.3, 0.4) is 0 Å². The lowest BCUT2D eigenvalue weighted by atomic mass is 10.8. The van der Waals surface area contributed by atoms with Crippen molar-refractivity contribution in [3.63, 3.8) is 0 Å². The first-order valence-electron chi connectivity index (χ1n) is 4.74. The summed E-state index contributed by atoms with van der Waals surface area (Å²) >= 11 is 2.68. The van der Waals surface area contributed by atoms with Crippen molar-refractivity contribution in [2.75, 3.05) is 31.4 Å². The van der Waals surface area contributed by atoms with Crippen molar-refractivity contribution in [1.82, 2.24) is 24.3 Å². The summed E-state index contributed by atoms with van der Waals surface area (Å²) in [6.07, 6.45) is 1.51. The van der Waals surface area contributed by atoms with Crippen molar-refractivity contribution in [2.24, 2.45) is 0 Å². The van der Waals surface area contributed by atoms with Crippen molar-refractivity contribution in [3.8, 4) is 0 Å². The van der Waals surface area contributed by atoms with Crippen LogP contribution in [0.1, 0.15) is 0 Å². The van der Waals surface area contributed by atoms with Crippen LogP contribution in [0.25, 0.3) is 0 Å². The number of aromatic nitrogens is 5. The Morgan fingerprint density at radius 3 is 2.71 bits per heavy atom. The molecule has 90 valence electrons. The van der Waals surface area contributed by atoms with Crippen molar-refractivity contribution in [2.45, 2.75) is 9.50 Å². The summed E-state index contributed by atoms with van der Waals surface area (Å²) in [6, 6.07) is 0. The molecule has 0 amide bonds. The third-order valence-corrected chi connectivity index (χ3v) is 3.33. The van der Waals surface area contributed by atoms with Crippen molar-refractivity contribution >= 4 is 35.2 Å². The molecule has 1 N–H and O–H groups in total. The molecule has 2 heterocycles. The van der Waals surface area contributed by atoms with Gasteiger partial charge in [0.05, 0.1) is 0 Å². The van der Waals surface area contributed by atoms with Gasteiger partial charge in [0.15, 0.2) is 4.34 Å². The summed E-state index contributed by atoms with van der Waals surface area (Å²) in [4.78, 5) is 18.7. The average molecular weight is 269 g/mol. The highest BCUT2D eigenvalue weighted by Crippen LogP contribution is 2.26. The van der Waals surface area contributed by atoms with E-state index in [-0.39, 0.29) is 0 Å². The third-order valence-electron chi connectivity index (χ3n) is 1.75. The van der Waals surface area contributed by atoms with E-state index in [2.05, 4.69) is 29.6 Å². The maximum absolute atomic E-state index is 4.32. The Kier molecular flexibility index (Phi) is 3.69. The molecule has 0 atom stereocenters. The van der Waals surface area contributed by atoms with Gasteiger partial charge in [-0.05, 0) is 23.3 Å². The summed E-state index contributed by atoms with van der Waals surface area (Å²) in [7, 11) is 5.54. The summed E-state index contributed by atoms with van der Waals surface area (Å²) in [5.74, 6) is 1.15. The van der Waals surface area contributed by atoms with Crippen LogP contribution in [-0.4, -0.2) is 45.5 Å². The normalized spacial score (nSPS) is 10.3. The van der Waals surface area contributed by atoms with Gasteiger partial charge in [0.2, 0.25) is 17.1 Å². The molecule has 0 saturated carbocycles. The minimum Gasteiger partial charge on any atom is -0.357 e. The summed E-state index contributed by atoms with van der Waals surface area (Å²) in [5, 5.41) is 3.51. The Hall–Kier alpha value is -1.48. The largest absolute Gasteiger partial charge is 0.357 e. The van der Waals surface area contributed by atoms with Gasteiger partial charge >= 0.3 is 0 Å². The molecule has 0 aliphatic rings. The molecule has 0 fully saturated rings. The summed E-state index contributed by atoms with van der Waals surface area (Å²) < 4.78 is 4.74. The molecular weight excluding hydrogens is 258 g/mol. The monoisotopic (exact) mass is 269 g/mol. The molecule has 0 aliphatic carbocycles. The molecular formula is C8H11N7S2. The van der Waals surface area contributed by atoms with E-state index in [1.807, 2.05) is 19.0 Å². The summed E-state index contributed by atoms with van der Waals surface area (Å²) in [5.41, 5.74) is 0. The number of hydrogen-bond acceptors (Lipinski definition) is 9. The van der Waals surface area contributed by atoms with Crippen molar-refractivity contribution in [1.29, 1.82) is 0 Å². The first-order valence-corrected chi connectivity index (χ1v) is 6.33. The predicted molar refractivity (Wildman–Crippen MR) is 67.7 cm³/mol. The SMILES string of the molecule is CNc1nc(Sc2ncns2)nc(N(C)C)n1. The fraction of sp³-hybridized carbons (Fsp3) is 0.375. The topological polar surface area (TPSA) is 79.7 Å². The molecule has 0 aromatic carbocycles. The number of nitrogens with zero attached hydrogens (tertiary/aromatic N) is 6. The van der Waals surface area contributed by atoms with Crippen molar-refractivity contribution < 1.29 is 0 Å². The van der Waals surface area contributed by atoms with E-state index in [1.165, 1.54) is 29.6 Å². The molecule has 0 bridgehead atoms. The fourth-order valence-electron chi connectivity index (χ4n) is 0.989. The number of anilines is 2. The van der Waals surface area contributed by atoms with Gasteiger partial charge in [-0.2, -0.15) is 19.3 Å². The van der Waals surface area contributed by atoms with E-state index >= 15 is 0 Å². The van der Waals surface area contributed by atoms with Crippen LogP contribution in [0.15, 0.2) is 15.8 Å². The molecule has 0 aliphatic heterocycles. The number of rotatable bonds is 4. The van der Waals surface area contributed by atoms with Gasteiger partial charge in [-0.15, -0.1) is 0 Å². The Labute approximate surface area is 107 Å². The quantitative estimate of drug-likeness (QED) is 0.880. The molecule has 9 heteroatoms. The second-order valence-corrected chi connectivity index (χ2v) is 5.19. The van der Waals surface area contributed by atoms with E-state index in [0.29, 0.717) is 17.1 Å². The maximum Gasteiger partial charge on any atom is 0.230 e. The molecule has 2 aromatic rings. The standard InChI is InChI=1S/C8H11N7S2/c1-9-5-12-6(15(2)3)14-7(13-5)16-8-10-4-11-17-8/h4H,1-3H3,(H,9,12,13,14). The lowest BCUT2D eigenvalue weighted by Gasteiger charge is -2.11. The highest BCUT2D eigenvalue weighted by Gasteiger charge is 2.10. The Bertz CT molecular complexity index is 485. The van der Waals surface area contributed by atoms with E-state index in [4.69, 9.17) is 0 Å². The molecule has 17 heavy (non-hydrogen) atoms. The molecule has 0 unspecified atom stereocenters. The Balaban J connectivity index is 2.29. The molecule has 0 saturated heterocycles. The lowest BCUT2D eigenvalue weighted by Crippen LogP contribution is -2.15. The van der Waals surface area contributed by atoms with Gasteiger partial charge in [-0.3, -0.25) is 0 Å². The lowest BCUT2D eigenvalue weighted by molar-refractivity contribution is 0.869. The highest BCUT2D eigenvalue weighted by molar-refractivity contribution is 8.00. The molecule has 0 spiro atoms. The van der Waals surface area contributed by atoms with E-state index in [9.17, 15) is 0 Å².